The first-order valence-electron chi connectivity index (χ1n) is 12.7. The molecule has 4 aromatic rings. The van der Waals surface area contributed by atoms with Crippen LogP contribution >= 0.6 is 0 Å². The van der Waals surface area contributed by atoms with Gasteiger partial charge in [-0.3, -0.25) is 9.48 Å². The van der Waals surface area contributed by atoms with E-state index in [1.807, 2.05) is 40.3 Å². The zero-order valence-electron chi connectivity index (χ0n) is 21.0. The number of anilines is 1. The molecule has 186 valence electrons. The number of benzene rings is 1. The fourth-order valence-corrected chi connectivity index (χ4v) is 5.65. The van der Waals surface area contributed by atoms with Gasteiger partial charge >= 0.3 is 0 Å². The molecule has 6 rings (SSSR count). The van der Waals surface area contributed by atoms with Crippen molar-refractivity contribution < 1.29 is 4.79 Å². The van der Waals surface area contributed by atoms with E-state index in [2.05, 4.69) is 53.8 Å². The third-order valence-corrected chi connectivity index (χ3v) is 7.90. The Labute approximate surface area is 216 Å². The lowest BCUT2D eigenvalue weighted by atomic mass is 9.72. The van der Waals surface area contributed by atoms with Crippen molar-refractivity contribution in [1.29, 1.82) is 5.26 Å². The van der Waals surface area contributed by atoms with Gasteiger partial charge in [0.1, 0.15) is 17.3 Å². The van der Waals surface area contributed by atoms with Crippen molar-refractivity contribution in [3.8, 4) is 28.5 Å². The van der Waals surface area contributed by atoms with Crippen LogP contribution in [0.3, 0.4) is 0 Å². The van der Waals surface area contributed by atoms with E-state index < -0.39 is 0 Å². The van der Waals surface area contributed by atoms with Gasteiger partial charge in [-0.05, 0) is 44.0 Å². The van der Waals surface area contributed by atoms with Crippen molar-refractivity contribution in [3.05, 3.63) is 73.2 Å². The highest BCUT2D eigenvalue weighted by atomic mass is 16.2. The van der Waals surface area contributed by atoms with Crippen LogP contribution in [0, 0.1) is 16.7 Å². The third kappa shape index (κ3) is 3.97. The average Bonchev–Trinajstić information content (AvgIpc) is 3.56. The van der Waals surface area contributed by atoms with Crippen molar-refractivity contribution >= 4 is 17.1 Å². The van der Waals surface area contributed by atoms with Crippen LogP contribution < -0.4 is 4.90 Å². The molecule has 3 aromatic heterocycles. The first-order chi connectivity index (χ1) is 18.0. The van der Waals surface area contributed by atoms with Crippen LogP contribution in [0.2, 0.25) is 0 Å². The van der Waals surface area contributed by atoms with E-state index in [4.69, 9.17) is 5.10 Å². The second kappa shape index (κ2) is 8.93. The topological polar surface area (TPSA) is 82.5 Å². The molecule has 0 bridgehead atoms. The molecular weight excluding hydrogens is 462 g/mol. The van der Waals surface area contributed by atoms with Gasteiger partial charge in [0.25, 0.3) is 0 Å². The molecule has 2 aliphatic heterocycles. The summed E-state index contributed by atoms with van der Waals surface area (Å²) in [6.07, 6.45) is 9.40. The van der Waals surface area contributed by atoms with Gasteiger partial charge in [-0.25, -0.2) is 4.52 Å². The quantitative estimate of drug-likeness (QED) is 0.387. The zero-order chi connectivity index (χ0) is 25.6. The maximum Gasteiger partial charge on any atom is 0.245 e. The van der Waals surface area contributed by atoms with E-state index in [9.17, 15) is 10.1 Å². The Balaban J connectivity index is 1.20. The minimum Gasteiger partial charge on any atom is -0.371 e. The van der Waals surface area contributed by atoms with E-state index in [-0.39, 0.29) is 11.3 Å². The van der Waals surface area contributed by atoms with Gasteiger partial charge in [0.15, 0.2) is 0 Å². The normalized spacial score (nSPS) is 16.5. The second-order valence-corrected chi connectivity index (χ2v) is 10.1. The van der Waals surface area contributed by atoms with Crippen LogP contribution in [0.15, 0.2) is 67.6 Å². The number of carbonyl (C=O) groups excluding carboxylic acids is 1. The minimum absolute atomic E-state index is 0.0381. The predicted octanol–water partition coefficient (Wildman–Crippen LogP) is 4.37. The van der Waals surface area contributed by atoms with Crippen LogP contribution in [0.1, 0.15) is 25.3 Å². The van der Waals surface area contributed by atoms with Gasteiger partial charge in [-0.1, -0.05) is 24.8 Å². The summed E-state index contributed by atoms with van der Waals surface area (Å²) in [5.74, 6) is 0.0381. The van der Waals surface area contributed by atoms with E-state index >= 15 is 0 Å². The van der Waals surface area contributed by atoms with Gasteiger partial charge in [-0.2, -0.15) is 15.5 Å². The molecule has 2 saturated heterocycles. The molecule has 8 nitrogen and oxygen atoms in total. The number of aryl methyl sites for hydroxylation is 1. The predicted molar refractivity (Wildman–Crippen MR) is 143 cm³/mol. The van der Waals surface area contributed by atoms with E-state index in [0.29, 0.717) is 11.3 Å². The van der Waals surface area contributed by atoms with Gasteiger partial charge in [-0.15, -0.1) is 0 Å². The van der Waals surface area contributed by atoms with Crippen molar-refractivity contribution in [2.24, 2.45) is 5.41 Å². The summed E-state index contributed by atoms with van der Waals surface area (Å²) in [6.45, 7) is 10.1. The zero-order valence-corrected chi connectivity index (χ0v) is 21.0. The van der Waals surface area contributed by atoms with Crippen LogP contribution in [0.25, 0.3) is 27.9 Å². The molecule has 0 saturated carbocycles. The van der Waals surface area contributed by atoms with Crippen molar-refractivity contribution in [3.63, 3.8) is 0 Å². The van der Waals surface area contributed by atoms with Gasteiger partial charge in [0.05, 0.1) is 11.7 Å². The van der Waals surface area contributed by atoms with Crippen LogP contribution in [-0.2, 0) is 11.3 Å². The van der Waals surface area contributed by atoms with E-state index in [1.165, 1.54) is 11.8 Å². The van der Waals surface area contributed by atoms with Crippen molar-refractivity contribution in [2.45, 2.75) is 26.3 Å². The number of carbonyl (C=O) groups is 1. The molecule has 0 unspecified atom stereocenters. The van der Waals surface area contributed by atoms with E-state index in [1.54, 1.807) is 4.52 Å². The number of nitrogens with zero attached hydrogens (tertiary/aromatic N) is 7. The molecule has 0 N–H and O–H groups in total. The highest BCUT2D eigenvalue weighted by Crippen LogP contribution is 2.41. The largest absolute Gasteiger partial charge is 0.371 e. The molecule has 1 amide bonds. The summed E-state index contributed by atoms with van der Waals surface area (Å²) in [6, 6.07) is 14.7. The summed E-state index contributed by atoms with van der Waals surface area (Å²) < 4.78 is 3.69. The molecule has 5 heterocycles. The molecule has 2 aliphatic rings. The number of hydrogen-bond donors (Lipinski definition) is 0. The van der Waals surface area contributed by atoms with Crippen LogP contribution in [0.4, 0.5) is 5.69 Å². The molecule has 37 heavy (non-hydrogen) atoms. The molecule has 0 radical (unpaired) electrons. The first-order valence-corrected chi connectivity index (χ1v) is 12.7. The standard InChI is InChI=1S/C29H29N7O/c1-3-27(37)34-19-29(20-34)11-13-33(14-12-29)24-8-5-21(6-9-24)28-25(15-30)26-10-7-22(18-36(26)32-28)23-16-31-35(4-2)17-23/h3,5-10,16-18H,1,4,11-14,19-20H2,2H3. The lowest BCUT2D eigenvalue weighted by Crippen LogP contribution is -2.61. The van der Waals surface area contributed by atoms with Crippen LogP contribution in [0.5, 0.6) is 0 Å². The first kappa shape index (κ1) is 23.0. The lowest BCUT2D eigenvalue weighted by Gasteiger charge is -2.54. The highest BCUT2D eigenvalue weighted by Gasteiger charge is 2.46. The SMILES string of the molecule is C=CC(=O)N1CC2(CCN(c3ccc(-c4nn5cc(-c6cnn(CC)c6)ccc5c4C#N)cc3)CC2)C1. The fourth-order valence-electron chi connectivity index (χ4n) is 5.65. The number of pyridine rings is 1. The van der Waals surface area contributed by atoms with Crippen molar-refractivity contribution in [1.82, 2.24) is 24.3 Å². The molecule has 2 fully saturated rings. The highest BCUT2D eigenvalue weighted by molar-refractivity contribution is 5.87. The average molecular weight is 492 g/mol. The Morgan fingerprint density at radius 2 is 1.81 bits per heavy atom. The second-order valence-electron chi connectivity index (χ2n) is 10.1. The smallest absolute Gasteiger partial charge is 0.245 e. The number of fused-ring (bicyclic) bond motifs is 1. The third-order valence-electron chi connectivity index (χ3n) is 7.90. The Kier molecular flexibility index (Phi) is 5.56. The molecule has 8 heteroatoms. The summed E-state index contributed by atoms with van der Waals surface area (Å²) in [5.41, 5.74) is 6.45. The Bertz CT molecular complexity index is 1520. The summed E-state index contributed by atoms with van der Waals surface area (Å²) in [5, 5.41) is 19.1. The fraction of sp³-hybridized carbons (Fsp3) is 0.310. The monoisotopic (exact) mass is 491 g/mol. The Morgan fingerprint density at radius 3 is 2.46 bits per heavy atom. The minimum atomic E-state index is 0.0381. The van der Waals surface area contributed by atoms with E-state index in [0.717, 1.165) is 67.8 Å². The van der Waals surface area contributed by atoms with Gasteiger partial charge in [0, 0.05) is 72.9 Å². The summed E-state index contributed by atoms with van der Waals surface area (Å²) in [7, 11) is 0. The van der Waals surface area contributed by atoms with Crippen LogP contribution in [-0.4, -0.2) is 56.4 Å². The number of aromatic nitrogens is 4. The molecule has 0 atom stereocenters. The lowest BCUT2D eigenvalue weighted by molar-refractivity contribution is -0.139. The number of piperidine rings is 1. The maximum atomic E-state index is 11.8. The Morgan fingerprint density at radius 1 is 1.08 bits per heavy atom. The molecule has 0 aliphatic carbocycles. The van der Waals surface area contributed by atoms with Gasteiger partial charge in [0.2, 0.25) is 5.91 Å². The maximum absolute atomic E-state index is 11.8. The number of likely N-dealkylation sites (tertiary alicyclic amines) is 1. The molecule has 1 aromatic carbocycles. The Hall–Kier alpha value is -4.38. The number of amides is 1. The summed E-state index contributed by atoms with van der Waals surface area (Å²) >= 11 is 0. The number of hydrogen-bond acceptors (Lipinski definition) is 5. The molecule has 1 spiro atoms. The van der Waals surface area contributed by atoms with Gasteiger partial charge < -0.3 is 9.80 Å². The number of nitriles is 1. The molecular formula is C29H29N7O. The summed E-state index contributed by atoms with van der Waals surface area (Å²) in [4.78, 5) is 16.1. The number of rotatable bonds is 5. The van der Waals surface area contributed by atoms with Crippen molar-refractivity contribution in [2.75, 3.05) is 31.1 Å².